The monoisotopic (exact) mass is 540 g/mol. The fourth-order valence-corrected chi connectivity index (χ4v) is 4.53. The zero-order chi connectivity index (χ0) is 26.0. The normalized spacial score (nSPS) is 18.2. The Morgan fingerprint density at radius 3 is 1.83 bits per heavy atom. The first kappa shape index (κ1) is 24.8. The molecule has 0 saturated heterocycles. The van der Waals surface area contributed by atoms with Crippen molar-refractivity contribution in [1.29, 1.82) is 0 Å². The van der Waals surface area contributed by atoms with Gasteiger partial charge < -0.3 is 8.37 Å². The summed E-state index contributed by atoms with van der Waals surface area (Å²) in [4.78, 5) is 13.2. The van der Waals surface area contributed by atoms with Crippen molar-refractivity contribution < 1.29 is 56.3 Å². The van der Waals surface area contributed by atoms with Gasteiger partial charge in [0, 0.05) is 27.8 Å². The van der Waals surface area contributed by atoms with Gasteiger partial charge in [-0.15, -0.1) is 0 Å². The van der Waals surface area contributed by atoms with Gasteiger partial charge in [0.2, 0.25) is 0 Å². The van der Waals surface area contributed by atoms with Crippen LogP contribution < -0.4 is 8.37 Å². The number of Topliss-reactive ketones (excluding diaryl/α,β-unsaturated/α-hetero) is 1. The Morgan fingerprint density at radius 1 is 0.771 bits per heavy atom. The van der Waals surface area contributed by atoms with Crippen molar-refractivity contribution in [2.45, 2.75) is 16.9 Å². The number of hydrogen-bond donors (Lipinski definition) is 0. The lowest BCUT2D eigenvalue weighted by atomic mass is 9.80. The number of halogens is 6. The summed E-state index contributed by atoms with van der Waals surface area (Å²) in [6, 6.07) is 4.26. The number of hydrogen-bond acceptors (Lipinski definition) is 7. The van der Waals surface area contributed by atoms with E-state index in [0.29, 0.717) is 0 Å². The highest BCUT2D eigenvalue weighted by Gasteiger charge is 2.51. The first-order valence-corrected chi connectivity index (χ1v) is 12.1. The summed E-state index contributed by atoms with van der Waals surface area (Å²) in [7, 11) is -12.7. The summed E-state index contributed by atoms with van der Waals surface area (Å²) < 4.78 is 135. The fraction of sp³-hybridized carbons (Fsp3) is 0.150. The summed E-state index contributed by atoms with van der Waals surface area (Å²) in [5, 5.41) is -1.14. The highest BCUT2D eigenvalue weighted by molar-refractivity contribution is 7.88. The summed E-state index contributed by atoms with van der Waals surface area (Å²) in [5.41, 5.74) is -13.5. The van der Waals surface area contributed by atoms with Crippen molar-refractivity contribution in [3.63, 3.8) is 0 Å². The number of alkyl halides is 6. The number of allylic oxidation sites excluding steroid dienone is 6. The van der Waals surface area contributed by atoms with Gasteiger partial charge in [0.05, 0.1) is 5.56 Å². The van der Waals surface area contributed by atoms with Crippen LogP contribution in [0.25, 0.3) is 10.8 Å². The minimum Gasteiger partial charge on any atom is -0.375 e. The van der Waals surface area contributed by atoms with E-state index in [9.17, 15) is 48.0 Å². The van der Waals surface area contributed by atoms with Crippen LogP contribution in [0.4, 0.5) is 26.3 Å². The van der Waals surface area contributed by atoms with Gasteiger partial charge in [0.1, 0.15) is 0 Å². The average molecular weight is 540 g/mol. The summed E-state index contributed by atoms with van der Waals surface area (Å²) in [6.45, 7) is 0. The van der Waals surface area contributed by atoms with E-state index in [1.165, 1.54) is 36.4 Å². The minimum absolute atomic E-state index is 0.151. The first-order valence-electron chi connectivity index (χ1n) is 9.26. The van der Waals surface area contributed by atoms with Gasteiger partial charge in [-0.1, -0.05) is 54.6 Å². The predicted octanol–water partition coefficient (Wildman–Crippen LogP) is 4.63. The van der Waals surface area contributed by atoms with Crippen LogP contribution in [0.3, 0.4) is 0 Å². The van der Waals surface area contributed by atoms with Crippen molar-refractivity contribution >= 4 is 36.8 Å². The van der Waals surface area contributed by atoms with E-state index in [4.69, 9.17) is 0 Å². The molecular formula is C20H10F6O7S2. The molecule has 7 nitrogen and oxygen atoms in total. The van der Waals surface area contributed by atoms with E-state index < -0.39 is 76.4 Å². The van der Waals surface area contributed by atoms with Gasteiger partial charge in [-0.05, 0) is 0 Å². The molecule has 0 N–H and O–H groups in total. The molecule has 0 fully saturated rings. The summed E-state index contributed by atoms with van der Waals surface area (Å²) in [6.07, 6.45) is 6.41. The SMILES string of the molecule is O=C1C2=CC(C=CC=C2)c2c1c(OS(=O)(=O)C(F)(F)F)c1ccccc1c2OS(=O)(=O)C(F)(F)F. The highest BCUT2D eigenvalue weighted by Crippen LogP contribution is 2.50. The number of carbonyl (C=O) groups is 1. The zero-order valence-electron chi connectivity index (χ0n) is 16.7. The Labute approximate surface area is 193 Å². The molecular weight excluding hydrogens is 530 g/mol. The number of fused-ring (bicyclic) bond motifs is 4. The number of benzene rings is 2. The molecule has 0 aliphatic heterocycles. The Kier molecular flexibility index (Phi) is 5.55. The van der Waals surface area contributed by atoms with E-state index >= 15 is 0 Å². The molecule has 2 aliphatic rings. The molecule has 0 radical (unpaired) electrons. The molecule has 0 spiro atoms. The molecule has 1 unspecified atom stereocenters. The summed E-state index contributed by atoms with van der Waals surface area (Å²) >= 11 is 0. The van der Waals surface area contributed by atoms with Crippen molar-refractivity contribution in [3.05, 3.63) is 71.3 Å². The molecule has 2 aromatic rings. The molecule has 2 bridgehead atoms. The molecule has 35 heavy (non-hydrogen) atoms. The molecule has 0 amide bonds. The molecule has 2 aromatic carbocycles. The number of carbonyl (C=O) groups excluding carboxylic acids is 1. The zero-order valence-corrected chi connectivity index (χ0v) is 18.3. The standard InChI is InChI=1S/C20H10F6O7S2/c21-19(22,23)34(28,29)32-17-12-7-3-4-8-13(12)18(33-35(30,31)20(24,25)26)15-14(17)10-5-1-2-6-11(9-10)16(15)27/h1-10H. The molecule has 4 rings (SSSR count). The Balaban J connectivity index is 2.15. The van der Waals surface area contributed by atoms with E-state index in [1.807, 2.05) is 0 Å². The second-order valence-electron chi connectivity index (χ2n) is 7.18. The van der Waals surface area contributed by atoms with Crippen LogP contribution in [-0.2, 0) is 20.2 Å². The third-order valence-corrected chi connectivity index (χ3v) is 6.90. The van der Waals surface area contributed by atoms with Gasteiger partial charge in [-0.25, -0.2) is 0 Å². The van der Waals surface area contributed by atoms with Crippen molar-refractivity contribution in [3.8, 4) is 11.5 Å². The van der Waals surface area contributed by atoms with Gasteiger partial charge in [0.15, 0.2) is 17.3 Å². The highest BCUT2D eigenvalue weighted by atomic mass is 32.2. The van der Waals surface area contributed by atoms with E-state index in [2.05, 4.69) is 8.37 Å². The predicted molar refractivity (Wildman–Crippen MR) is 109 cm³/mol. The van der Waals surface area contributed by atoms with Crippen molar-refractivity contribution in [2.75, 3.05) is 0 Å². The number of rotatable bonds is 4. The first-order chi connectivity index (χ1) is 16.1. The Morgan fingerprint density at radius 2 is 1.29 bits per heavy atom. The van der Waals surface area contributed by atoms with Gasteiger partial charge in [-0.3, -0.25) is 4.79 Å². The van der Waals surface area contributed by atoms with Crippen LogP contribution in [0.15, 0.2) is 60.2 Å². The van der Waals surface area contributed by atoms with E-state index in [1.54, 1.807) is 0 Å². The smallest absolute Gasteiger partial charge is 0.375 e. The van der Waals surface area contributed by atoms with Gasteiger partial charge in [0.25, 0.3) is 0 Å². The molecule has 0 saturated carbocycles. The second-order valence-corrected chi connectivity index (χ2v) is 10.3. The van der Waals surface area contributed by atoms with Crippen molar-refractivity contribution in [2.24, 2.45) is 0 Å². The Hall–Kier alpha value is -3.33. The van der Waals surface area contributed by atoms with Gasteiger partial charge in [-0.2, -0.15) is 43.2 Å². The quantitative estimate of drug-likeness (QED) is 0.317. The largest absolute Gasteiger partial charge is 0.534 e. The third-order valence-electron chi connectivity index (χ3n) is 5.00. The molecule has 186 valence electrons. The van der Waals surface area contributed by atoms with Crippen LogP contribution in [0.2, 0.25) is 0 Å². The van der Waals surface area contributed by atoms with Crippen LogP contribution in [0.1, 0.15) is 21.8 Å². The second kappa shape index (κ2) is 7.84. The van der Waals surface area contributed by atoms with Gasteiger partial charge >= 0.3 is 31.3 Å². The molecule has 0 aromatic heterocycles. The minimum atomic E-state index is -6.35. The lowest BCUT2D eigenvalue weighted by Crippen LogP contribution is -2.30. The maximum atomic E-state index is 13.2. The molecule has 15 heteroatoms. The topological polar surface area (TPSA) is 104 Å². The van der Waals surface area contributed by atoms with E-state index in [0.717, 1.165) is 18.2 Å². The maximum Gasteiger partial charge on any atom is 0.534 e. The van der Waals surface area contributed by atoms with Crippen molar-refractivity contribution in [1.82, 2.24) is 0 Å². The average Bonchev–Trinajstić information content (AvgIpc) is 2.95. The molecule has 2 aliphatic carbocycles. The lowest BCUT2D eigenvalue weighted by molar-refractivity contribution is -0.0505. The lowest BCUT2D eigenvalue weighted by Gasteiger charge is -2.27. The maximum absolute atomic E-state index is 13.2. The molecule has 1 atom stereocenters. The van der Waals surface area contributed by atoms with E-state index in [-0.39, 0.29) is 5.57 Å². The summed E-state index contributed by atoms with van der Waals surface area (Å²) in [5.74, 6) is -4.45. The van der Waals surface area contributed by atoms with Crippen LogP contribution in [-0.4, -0.2) is 33.6 Å². The van der Waals surface area contributed by atoms with Crippen LogP contribution in [0.5, 0.6) is 11.5 Å². The Bertz CT molecular complexity index is 1560. The molecule has 0 heterocycles. The third kappa shape index (κ3) is 4.07. The number of ketones is 1. The fourth-order valence-electron chi connectivity index (χ4n) is 3.55. The van der Waals surface area contributed by atoms with Crippen LogP contribution >= 0.6 is 0 Å². The van der Waals surface area contributed by atoms with Crippen LogP contribution in [0, 0.1) is 0 Å².